The third kappa shape index (κ3) is 2.42. The lowest BCUT2D eigenvalue weighted by atomic mass is 9.81. The van der Waals surface area contributed by atoms with Crippen molar-refractivity contribution >= 4 is 11.8 Å². The molecule has 0 spiro atoms. The van der Waals surface area contributed by atoms with E-state index >= 15 is 0 Å². The molecular formula is C15H25NO3. The van der Waals surface area contributed by atoms with Gasteiger partial charge in [0.05, 0.1) is 5.41 Å². The fourth-order valence-electron chi connectivity index (χ4n) is 3.68. The number of likely N-dealkylation sites (tertiary alicyclic amines) is 1. The molecule has 0 aromatic rings. The number of carbonyl (C=O) groups excluding carboxylic acids is 2. The van der Waals surface area contributed by atoms with Gasteiger partial charge in [-0.3, -0.25) is 14.5 Å². The second kappa shape index (κ2) is 5.61. The van der Waals surface area contributed by atoms with Crippen molar-refractivity contribution in [2.45, 2.75) is 52.4 Å². The number of hydrogen-bond donors (Lipinski definition) is 1. The van der Waals surface area contributed by atoms with Crippen LogP contribution >= 0.6 is 0 Å². The molecule has 2 aliphatic rings. The Hall–Kier alpha value is -0.900. The molecule has 1 saturated carbocycles. The molecule has 2 atom stereocenters. The molecule has 1 aliphatic carbocycles. The zero-order valence-corrected chi connectivity index (χ0v) is 12.0. The molecule has 0 bridgehead atoms. The number of amides is 2. The van der Waals surface area contributed by atoms with Gasteiger partial charge in [-0.05, 0) is 37.5 Å². The van der Waals surface area contributed by atoms with Crippen molar-refractivity contribution in [2.75, 3.05) is 13.2 Å². The van der Waals surface area contributed by atoms with E-state index in [4.69, 9.17) is 0 Å². The maximum atomic E-state index is 12.5. The highest BCUT2D eigenvalue weighted by Crippen LogP contribution is 2.41. The maximum absolute atomic E-state index is 12.5. The van der Waals surface area contributed by atoms with Crippen molar-refractivity contribution < 1.29 is 14.7 Å². The molecule has 1 N–H and O–H groups in total. The smallest absolute Gasteiger partial charge is 0.235 e. The summed E-state index contributed by atoms with van der Waals surface area (Å²) in [5.41, 5.74) is -0.454. The van der Waals surface area contributed by atoms with Crippen LogP contribution in [0.5, 0.6) is 0 Å². The first-order chi connectivity index (χ1) is 9.07. The van der Waals surface area contributed by atoms with E-state index in [-0.39, 0.29) is 24.3 Å². The Morgan fingerprint density at radius 2 is 1.84 bits per heavy atom. The lowest BCUT2D eigenvalue weighted by Crippen LogP contribution is -2.39. The first-order valence-electron chi connectivity index (χ1n) is 7.53. The molecule has 4 heteroatoms. The minimum absolute atomic E-state index is 0.0164. The zero-order valence-electron chi connectivity index (χ0n) is 12.0. The molecule has 0 radical (unpaired) electrons. The third-order valence-electron chi connectivity index (χ3n) is 5.31. The summed E-state index contributed by atoms with van der Waals surface area (Å²) in [6.45, 7) is 4.67. The summed E-state index contributed by atoms with van der Waals surface area (Å²) in [6, 6.07) is 0. The van der Waals surface area contributed by atoms with Gasteiger partial charge in [0, 0.05) is 19.6 Å². The SMILES string of the molecule is CCC1(CC)CC(=O)N(CC2CCCC2CO)C1=O. The van der Waals surface area contributed by atoms with Gasteiger partial charge in [0.2, 0.25) is 11.8 Å². The van der Waals surface area contributed by atoms with Crippen molar-refractivity contribution in [3.05, 3.63) is 0 Å². The Labute approximate surface area is 115 Å². The first-order valence-corrected chi connectivity index (χ1v) is 7.53. The van der Waals surface area contributed by atoms with Crippen LogP contribution in [0.2, 0.25) is 0 Å². The van der Waals surface area contributed by atoms with E-state index in [1.165, 1.54) is 4.90 Å². The fourth-order valence-corrected chi connectivity index (χ4v) is 3.68. The predicted octanol–water partition coefficient (Wildman–Crippen LogP) is 1.96. The summed E-state index contributed by atoms with van der Waals surface area (Å²) in [6.07, 6.45) is 4.98. The molecule has 0 aromatic carbocycles. The van der Waals surface area contributed by atoms with Gasteiger partial charge in [-0.25, -0.2) is 0 Å². The average Bonchev–Trinajstić information content (AvgIpc) is 2.96. The summed E-state index contributed by atoms with van der Waals surface area (Å²) in [7, 11) is 0. The molecule has 2 fully saturated rings. The van der Waals surface area contributed by atoms with E-state index in [0.717, 1.165) is 32.1 Å². The molecular weight excluding hydrogens is 242 g/mol. The quantitative estimate of drug-likeness (QED) is 0.775. The number of carbonyl (C=O) groups is 2. The van der Waals surface area contributed by atoms with Crippen molar-refractivity contribution in [2.24, 2.45) is 17.3 Å². The van der Waals surface area contributed by atoms with Crippen LogP contribution in [-0.2, 0) is 9.59 Å². The van der Waals surface area contributed by atoms with Crippen molar-refractivity contribution in [1.82, 2.24) is 4.90 Å². The van der Waals surface area contributed by atoms with Gasteiger partial charge in [0.15, 0.2) is 0 Å². The van der Waals surface area contributed by atoms with Gasteiger partial charge in [0.1, 0.15) is 0 Å². The summed E-state index contributed by atoms with van der Waals surface area (Å²) in [5, 5.41) is 9.35. The van der Waals surface area contributed by atoms with Crippen LogP contribution in [0.15, 0.2) is 0 Å². The van der Waals surface area contributed by atoms with E-state index in [0.29, 0.717) is 18.9 Å². The van der Waals surface area contributed by atoms with E-state index in [9.17, 15) is 14.7 Å². The normalized spacial score (nSPS) is 30.4. The number of rotatable bonds is 5. The summed E-state index contributed by atoms with van der Waals surface area (Å²) in [5.74, 6) is 0.560. The highest BCUT2D eigenvalue weighted by molar-refractivity contribution is 6.05. The number of aliphatic hydroxyl groups is 1. The second-order valence-electron chi connectivity index (χ2n) is 6.11. The third-order valence-corrected chi connectivity index (χ3v) is 5.31. The highest BCUT2D eigenvalue weighted by atomic mass is 16.3. The lowest BCUT2D eigenvalue weighted by molar-refractivity contribution is -0.142. The van der Waals surface area contributed by atoms with Crippen LogP contribution in [0.1, 0.15) is 52.4 Å². The van der Waals surface area contributed by atoms with Gasteiger partial charge >= 0.3 is 0 Å². The number of imide groups is 1. The van der Waals surface area contributed by atoms with Crippen LogP contribution in [-0.4, -0.2) is 35.0 Å². The van der Waals surface area contributed by atoms with E-state index in [1.807, 2.05) is 13.8 Å². The van der Waals surface area contributed by atoms with Gasteiger partial charge in [-0.1, -0.05) is 20.3 Å². The molecule has 2 amide bonds. The molecule has 108 valence electrons. The number of aliphatic hydroxyl groups excluding tert-OH is 1. The minimum Gasteiger partial charge on any atom is -0.396 e. The average molecular weight is 267 g/mol. The molecule has 19 heavy (non-hydrogen) atoms. The Kier molecular flexibility index (Phi) is 4.29. The Bertz CT molecular complexity index is 362. The Morgan fingerprint density at radius 3 is 2.37 bits per heavy atom. The predicted molar refractivity (Wildman–Crippen MR) is 72.3 cm³/mol. The van der Waals surface area contributed by atoms with Crippen molar-refractivity contribution in [1.29, 1.82) is 0 Å². The van der Waals surface area contributed by atoms with Gasteiger partial charge in [-0.15, -0.1) is 0 Å². The molecule has 1 saturated heterocycles. The topological polar surface area (TPSA) is 57.6 Å². The van der Waals surface area contributed by atoms with Crippen LogP contribution in [0.3, 0.4) is 0 Å². The lowest BCUT2D eigenvalue weighted by Gasteiger charge is -2.26. The van der Waals surface area contributed by atoms with Crippen LogP contribution in [0.25, 0.3) is 0 Å². The van der Waals surface area contributed by atoms with E-state index in [2.05, 4.69) is 0 Å². The summed E-state index contributed by atoms with van der Waals surface area (Å²) in [4.78, 5) is 26.1. The van der Waals surface area contributed by atoms with Gasteiger partial charge < -0.3 is 5.11 Å². The van der Waals surface area contributed by atoms with Crippen molar-refractivity contribution in [3.8, 4) is 0 Å². The monoisotopic (exact) mass is 267 g/mol. The Morgan fingerprint density at radius 1 is 1.21 bits per heavy atom. The van der Waals surface area contributed by atoms with Gasteiger partial charge in [-0.2, -0.15) is 0 Å². The maximum Gasteiger partial charge on any atom is 0.235 e. The summed E-state index contributed by atoms with van der Waals surface area (Å²) < 4.78 is 0. The largest absolute Gasteiger partial charge is 0.396 e. The van der Waals surface area contributed by atoms with E-state index < -0.39 is 5.41 Å². The number of nitrogens with zero attached hydrogens (tertiary/aromatic N) is 1. The first kappa shape index (κ1) is 14.5. The van der Waals surface area contributed by atoms with Crippen LogP contribution < -0.4 is 0 Å². The van der Waals surface area contributed by atoms with E-state index in [1.54, 1.807) is 0 Å². The fraction of sp³-hybridized carbons (Fsp3) is 0.867. The van der Waals surface area contributed by atoms with Gasteiger partial charge in [0.25, 0.3) is 0 Å². The minimum atomic E-state index is -0.454. The molecule has 2 unspecified atom stereocenters. The van der Waals surface area contributed by atoms with Crippen LogP contribution in [0.4, 0.5) is 0 Å². The molecule has 1 aliphatic heterocycles. The molecule has 1 heterocycles. The van der Waals surface area contributed by atoms with Crippen molar-refractivity contribution in [3.63, 3.8) is 0 Å². The Balaban J connectivity index is 2.09. The van der Waals surface area contributed by atoms with Crippen LogP contribution in [0, 0.1) is 17.3 Å². The molecule has 0 aromatic heterocycles. The molecule has 4 nitrogen and oxygen atoms in total. The molecule has 2 rings (SSSR count). The standard InChI is InChI=1S/C15H25NO3/c1-3-15(4-2)8-13(18)16(14(15)19)9-11-6-5-7-12(11)10-17/h11-12,17H,3-10H2,1-2H3. The zero-order chi connectivity index (χ0) is 14.0. The number of hydrogen-bond acceptors (Lipinski definition) is 3. The summed E-state index contributed by atoms with van der Waals surface area (Å²) >= 11 is 0. The second-order valence-corrected chi connectivity index (χ2v) is 6.11. The highest BCUT2D eigenvalue weighted by Gasteiger charge is 2.49.